The lowest BCUT2D eigenvalue weighted by atomic mass is 9.86. The van der Waals surface area contributed by atoms with Gasteiger partial charge in [-0.3, -0.25) is 10.1 Å². The van der Waals surface area contributed by atoms with E-state index in [-0.39, 0.29) is 12.2 Å². The molecule has 0 fully saturated rings. The minimum Gasteiger partial charge on any atom is -0.346 e. The van der Waals surface area contributed by atoms with Gasteiger partial charge in [-0.05, 0) is 31.5 Å². The van der Waals surface area contributed by atoms with Gasteiger partial charge in [0.2, 0.25) is 5.91 Å². The minimum absolute atomic E-state index is 0.00729. The number of nitriles is 1. The van der Waals surface area contributed by atoms with Crippen LogP contribution in [0.15, 0.2) is 12.1 Å². The van der Waals surface area contributed by atoms with E-state index in [1.807, 2.05) is 32.2 Å². The highest BCUT2D eigenvalue weighted by Crippen LogP contribution is 2.43. The number of fused-ring (bicyclic) bond motifs is 2. The molecule has 6 heteroatoms. The second-order valence-corrected chi connectivity index (χ2v) is 5.00. The Morgan fingerprint density at radius 2 is 1.94 bits per heavy atom. The average molecular weight is 243 g/mol. The van der Waals surface area contributed by atoms with Crippen molar-refractivity contribution in [2.75, 3.05) is 16.0 Å². The van der Waals surface area contributed by atoms with E-state index in [0.717, 1.165) is 22.6 Å². The molecular weight excluding hydrogens is 230 g/mol. The molecule has 92 valence electrons. The minimum atomic E-state index is -0.521. The number of nitrogens with zero attached hydrogens (tertiary/aromatic N) is 1. The van der Waals surface area contributed by atoms with Crippen LogP contribution in [-0.4, -0.2) is 12.2 Å². The van der Waals surface area contributed by atoms with Crippen LogP contribution in [0.3, 0.4) is 0 Å². The van der Waals surface area contributed by atoms with Gasteiger partial charge in [-0.1, -0.05) is 0 Å². The Labute approximate surface area is 104 Å². The summed E-state index contributed by atoms with van der Waals surface area (Å²) in [5.41, 5.74) is 3.05. The number of benzene rings is 1. The number of hydrogen-bond donors (Lipinski definition) is 4. The van der Waals surface area contributed by atoms with Gasteiger partial charge in [0, 0.05) is 5.69 Å². The van der Waals surface area contributed by atoms with Crippen molar-refractivity contribution >= 4 is 23.0 Å². The largest absolute Gasteiger partial charge is 0.346 e. The van der Waals surface area contributed by atoms with Crippen molar-refractivity contribution in [3.05, 3.63) is 17.7 Å². The Balaban J connectivity index is 2.01. The molecule has 2 aliphatic rings. The molecule has 1 aromatic carbocycles. The lowest BCUT2D eigenvalue weighted by Crippen LogP contribution is -2.35. The summed E-state index contributed by atoms with van der Waals surface area (Å²) in [5.74, 6) is 0.00729. The Bertz CT molecular complexity index is 587. The highest BCUT2D eigenvalue weighted by atomic mass is 16.2. The molecule has 1 aromatic rings. The molecule has 0 spiro atoms. The number of hydrogen-bond acceptors (Lipinski definition) is 5. The van der Waals surface area contributed by atoms with Crippen LogP contribution in [0.1, 0.15) is 19.4 Å². The lowest BCUT2D eigenvalue weighted by Gasteiger charge is -2.15. The van der Waals surface area contributed by atoms with Crippen LogP contribution < -0.4 is 21.3 Å². The summed E-state index contributed by atoms with van der Waals surface area (Å²) in [6.45, 7) is 3.79. The van der Waals surface area contributed by atoms with Gasteiger partial charge in [-0.15, -0.1) is 0 Å². The zero-order chi connectivity index (χ0) is 12.9. The fraction of sp³-hybridized carbons (Fsp3) is 0.333. The van der Waals surface area contributed by atoms with Crippen LogP contribution in [0, 0.1) is 11.5 Å². The van der Waals surface area contributed by atoms with E-state index in [1.165, 1.54) is 0 Å². The van der Waals surface area contributed by atoms with Gasteiger partial charge < -0.3 is 16.0 Å². The molecule has 6 nitrogen and oxygen atoms in total. The van der Waals surface area contributed by atoms with Crippen molar-refractivity contribution in [3.8, 4) is 6.19 Å². The summed E-state index contributed by atoms with van der Waals surface area (Å²) in [4.78, 5) is 11.8. The molecule has 4 N–H and O–H groups in total. The molecule has 0 aliphatic carbocycles. The highest BCUT2D eigenvalue weighted by molar-refractivity contribution is 6.07. The van der Waals surface area contributed by atoms with Crippen molar-refractivity contribution in [1.82, 2.24) is 5.32 Å². The van der Waals surface area contributed by atoms with Gasteiger partial charge in [-0.2, -0.15) is 5.26 Å². The summed E-state index contributed by atoms with van der Waals surface area (Å²) in [6, 6.07) is 3.85. The zero-order valence-electron chi connectivity index (χ0n) is 10.1. The first kappa shape index (κ1) is 10.7. The average Bonchev–Trinajstić information content (AvgIpc) is 2.77. The van der Waals surface area contributed by atoms with Crippen LogP contribution >= 0.6 is 0 Å². The quantitative estimate of drug-likeness (QED) is 0.438. The van der Waals surface area contributed by atoms with Crippen molar-refractivity contribution in [2.24, 2.45) is 0 Å². The van der Waals surface area contributed by atoms with Gasteiger partial charge in [0.1, 0.15) is 0 Å². The molecule has 3 rings (SSSR count). The summed E-state index contributed by atoms with van der Waals surface area (Å²) in [7, 11) is 0. The molecule has 0 saturated carbocycles. The molecule has 1 atom stereocenters. The van der Waals surface area contributed by atoms with Gasteiger partial charge in [0.05, 0.1) is 16.8 Å². The second kappa shape index (κ2) is 3.29. The maximum Gasteiger partial charge on any atom is 0.234 e. The number of nitrogens with one attached hydrogen (secondary N) is 4. The Hall–Kier alpha value is -2.42. The third kappa shape index (κ3) is 1.31. The van der Waals surface area contributed by atoms with E-state index in [4.69, 9.17) is 5.26 Å². The standard InChI is InChI=1S/C12H13N5O/c1-12(2)6-3-8-9(4-7(6)15-10(12)18)17-11(16-8)14-5-13/h3-4,11,14,16-17H,1-2H3,(H,15,18). The van der Waals surface area contributed by atoms with Gasteiger partial charge in [0.25, 0.3) is 0 Å². The Kier molecular flexibility index (Phi) is 1.96. The SMILES string of the molecule is CC1(C)C(=O)Nc2cc3c(cc21)NC(NC#N)N3. The number of carbonyl (C=O) groups excluding carboxylic acids is 1. The van der Waals surface area contributed by atoms with Gasteiger partial charge in [-0.25, -0.2) is 0 Å². The van der Waals surface area contributed by atoms with Crippen LogP contribution in [0.5, 0.6) is 0 Å². The van der Waals surface area contributed by atoms with E-state index < -0.39 is 5.41 Å². The normalized spacial score (nSPS) is 22.1. The molecule has 0 radical (unpaired) electrons. The topological polar surface area (TPSA) is 89.0 Å². The maximum absolute atomic E-state index is 11.8. The molecule has 1 amide bonds. The molecule has 1 unspecified atom stereocenters. The number of anilines is 3. The molecule has 2 aliphatic heterocycles. The Morgan fingerprint density at radius 3 is 2.61 bits per heavy atom. The van der Waals surface area contributed by atoms with Crippen molar-refractivity contribution in [3.63, 3.8) is 0 Å². The van der Waals surface area contributed by atoms with Crippen LogP contribution in [0.25, 0.3) is 0 Å². The summed E-state index contributed by atoms with van der Waals surface area (Å²) >= 11 is 0. The van der Waals surface area contributed by atoms with Crippen LogP contribution in [-0.2, 0) is 10.2 Å². The third-order valence-electron chi connectivity index (χ3n) is 3.46. The predicted molar refractivity (Wildman–Crippen MR) is 67.9 cm³/mol. The van der Waals surface area contributed by atoms with Crippen molar-refractivity contribution in [1.29, 1.82) is 5.26 Å². The molecule has 2 heterocycles. The fourth-order valence-corrected chi connectivity index (χ4v) is 2.34. The highest BCUT2D eigenvalue weighted by Gasteiger charge is 2.39. The van der Waals surface area contributed by atoms with E-state index in [0.29, 0.717) is 0 Å². The smallest absolute Gasteiger partial charge is 0.234 e. The number of carbonyl (C=O) groups is 1. The van der Waals surface area contributed by atoms with Gasteiger partial charge in [0.15, 0.2) is 12.5 Å². The summed E-state index contributed by atoms with van der Waals surface area (Å²) in [5, 5.41) is 20.3. The van der Waals surface area contributed by atoms with Gasteiger partial charge >= 0.3 is 0 Å². The van der Waals surface area contributed by atoms with E-state index in [2.05, 4.69) is 21.3 Å². The van der Waals surface area contributed by atoms with Crippen molar-refractivity contribution in [2.45, 2.75) is 25.6 Å². The first-order chi connectivity index (χ1) is 8.52. The fourth-order valence-electron chi connectivity index (χ4n) is 2.34. The third-order valence-corrected chi connectivity index (χ3v) is 3.46. The molecule has 18 heavy (non-hydrogen) atoms. The molecule has 0 saturated heterocycles. The summed E-state index contributed by atoms with van der Waals surface area (Å²) < 4.78 is 0. The molecular formula is C12H13N5O. The number of rotatable bonds is 1. The predicted octanol–water partition coefficient (Wildman–Crippen LogP) is 1.11. The zero-order valence-corrected chi connectivity index (χ0v) is 10.1. The van der Waals surface area contributed by atoms with E-state index in [9.17, 15) is 4.79 Å². The van der Waals surface area contributed by atoms with E-state index >= 15 is 0 Å². The van der Waals surface area contributed by atoms with Crippen molar-refractivity contribution < 1.29 is 4.79 Å². The Morgan fingerprint density at radius 1 is 1.28 bits per heavy atom. The first-order valence-corrected chi connectivity index (χ1v) is 5.70. The lowest BCUT2D eigenvalue weighted by molar-refractivity contribution is -0.119. The second-order valence-electron chi connectivity index (χ2n) is 5.00. The number of amides is 1. The molecule has 0 aromatic heterocycles. The first-order valence-electron chi connectivity index (χ1n) is 5.70. The summed E-state index contributed by atoms with van der Waals surface area (Å²) in [6.07, 6.45) is 1.58. The van der Waals surface area contributed by atoms with Crippen LogP contribution in [0.2, 0.25) is 0 Å². The van der Waals surface area contributed by atoms with E-state index in [1.54, 1.807) is 0 Å². The van der Waals surface area contributed by atoms with Crippen LogP contribution in [0.4, 0.5) is 17.1 Å². The monoisotopic (exact) mass is 243 g/mol. The molecule has 0 bridgehead atoms. The maximum atomic E-state index is 11.8.